The molecule has 0 radical (unpaired) electrons. The first kappa shape index (κ1) is 44.7. The minimum absolute atomic E-state index is 0.0182. The molecule has 0 unspecified atom stereocenters. The van der Waals surface area contributed by atoms with Gasteiger partial charge in [-0.1, -0.05) is 43.7 Å². The molecule has 12 nitrogen and oxygen atoms in total. The zero-order valence-corrected chi connectivity index (χ0v) is 36.9. The van der Waals surface area contributed by atoms with E-state index in [4.69, 9.17) is 43.0 Å². The molecule has 7 atom stereocenters. The highest BCUT2D eigenvalue weighted by molar-refractivity contribution is 5.92. The van der Waals surface area contributed by atoms with Gasteiger partial charge in [-0.2, -0.15) is 0 Å². The number of fused-ring (bicyclic) bond motifs is 4. The van der Waals surface area contributed by atoms with Gasteiger partial charge in [-0.3, -0.25) is 9.69 Å². The van der Waals surface area contributed by atoms with Gasteiger partial charge in [0, 0.05) is 50.7 Å². The number of aliphatic hydroxyl groups excluding tert-OH is 1. The molecule has 0 bridgehead atoms. The molecule has 0 saturated carbocycles. The fourth-order valence-electron chi connectivity index (χ4n) is 10.3. The van der Waals surface area contributed by atoms with Gasteiger partial charge in [0.15, 0.2) is 28.8 Å². The molecule has 0 spiro atoms. The van der Waals surface area contributed by atoms with Crippen LogP contribution in [-0.2, 0) is 36.6 Å². The van der Waals surface area contributed by atoms with Crippen molar-refractivity contribution in [2.45, 2.75) is 76.7 Å². The molecule has 1 N–H and O–H groups in total. The summed E-state index contributed by atoms with van der Waals surface area (Å²) in [6.45, 7) is 8.81. The van der Waals surface area contributed by atoms with Gasteiger partial charge in [-0.05, 0) is 109 Å². The Kier molecular flexibility index (Phi) is 15.5. The van der Waals surface area contributed by atoms with Crippen LogP contribution in [0.25, 0.3) is 0 Å². The van der Waals surface area contributed by atoms with Crippen LogP contribution in [0, 0.1) is 17.8 Å². The van der Waals surface area contributed by atoms with Crippen LogP contribution in [0.3, 0.4) is 0 Å². The summed E-state index contributed by atoms with van der Waals surface area (Å²) in [4.78, 5) is 20.0. The van der Waals surface area contributed by atoms with Crippen LogP contribution in [0.1, 0.15) is 85.3 Å². The molecule has 332 valence electrons. The minimum atomic E-state index is -0.649. The predicted molar refractivity (Wildman–Crippen MR) is 232 cm³/mol. The zero-order chi connectivity index (χ0) is 42.9. The van der Waals surface area contributed by atoms with E-state index in [0.717, 1.165) is 61.4 Å². The largest absolute Gasteiger partial charge is 0.493 e. The molecular weight excluding hydrogens is 777 g/mol. The summed E-state index contributed by atoms with van der Waals surface area (Å²) in [5, 5.41) is 9.05. The molecule has 4 aliphatic rings. The first-order valence-electron chi connectivity index (χ1n) is 22.2. The van der Waals surface area contributed by atoms with Gasteiger partial charge in [0.05, 0.1) is 60.9 Å². The lowest BCUT2D eigenvalue weighted by Crippen LogP contribution is -2.48. The Hall–Kier alpha value is -4.33. The molecule has 0 aliphatic carbocycles. The molecule has 4 aliphatic heterocycles. The summed E-state index contributed by atoms with van der Waals surface area (Å²) >= 11 is 0. The van der Waals surface area contributed by atoms with Gasteiger partial charge in [0.2, 0.25) is 6.29 Å². The molecule has 4 heterocycles. The van der Waals surface area contributed by atoms with E-state index >= 15 is 4.79 Å². The van der Waals surface area contributed by atoms with E-state index in [9.17, 15) is 0 Å². The van der Waals surface area contributed by atoms with E-state index in [2.05, 4.69) is 53.1 Å². The fraction of sp³-hybridized carbons (Fsp3) is 0.571. The van der Waals surface area contributed by atoms with E-state index in [0.29, 0.717) is 74.9 Å². The van der Waals surface area contributed by atoms with Crippen LogP contribution in [0.5, 0.6) is 23.0 Å². The van der Waals surface area contributed by atoms with Gasteiger partial charge in [0.25, 0.3) is 5.91 Å². The van der Waals surface area contributed by atoms with Crippen LogP contribution < -0.4 is 18.9 Å². The number of hydrogen-bond acceptors (Lipinski definition) is 11. The highest BCUT2D eigenvalue weighted by Crippen LogP contribution is 2.50. The normalized spacial score (nSPS) is 24.7. The molecule has 3 aromatic rings. The highest BCUT2D eigenvalue weighted by atomic mass is 16.7. The molecule has 1 saturated heterocycles. The lowest BCUT2D eigenvalue weighted by atomic mass is 9.72. The third-order valence-electron chi connectivity index (χ3n) is 13.4. The van der Waals surface area contributed by atoms with Crippen LogP contribution in [0.4, 0.5) is 0 Å². The summed E-state index contributed by atoms with van der Waals surface area (Å²) in [5.74, 6) is 3.62. The standard InChI is InChI=1S/C49H66N2O10/c1-7-32-31-50-17-14-34-26-43(54-3)45(56-5)29-39(34)41(50)24-36(32)25-42-40-30-46(57-6)44(55-4)27-35(40)15-18-51(42)48(53)47-28-38(33-12-10-9-11-13-33)37(49(61-47)60-8-2)16-20-58-22-23-59-21-19-52/h9-13,26-30,32,36-38,41-42,49,52H,7-8,14-25,31H2,1-6H3/t32-,36+,37+,38+,41-,42+,49+/m0/s1. The number of nitrogens with zero attached hydrogens (tertiary/aromatic N) is 2. The second kappa shape index (κ2) is 21.2. The molecule has 61 heavy (non-hydrogen) atoms. The number of benzene rings is 3. The maximum Gasteiger partial charge on any atom is 0.289 e. The Morgan fingerprint density at radius 1 is 0.787 bits per heavy atom. The average molecular weight is 843 g/mol. The molecule has 12 heteroatoms. The van der Waals surface area contributed by atoms with Crippen molar-refractivity contribution in [2.24, 2.45) is 17.8 Å². The van der Waals surface area contributed by atoms with E-state index < -0.39 is 6.29 Å². The van der Waals surface area contributed by atoms with Crippen molar-refractivity contribution >= 4 is 5.91 Å². The van der Waals surface area contributed by atoms with E-state index in [1.54, 1.807) is 28.4 Å². The number of rotatable bonds is 19. The number of carbonyl (C=O) groups excluding carboxylic acids is 1. The lowest BCUT2D eigenvalue weighted by Gasteiger charge is -2.49. The SMILES string of the molecule is CCO[C@@H]1OC(C(=O)N2CCc3cc(OC)c(OC)cc3[C@H]2C[C@H]2C[C@H]3c4cc(OC)c(OC)cc4CCN3C[C@@H]2CC)=C[C@H](c2ccccc2)[C@H]1CCOCCOCCO. The maximum absolute atomic E-state index is 15.3. The second-order valence-corrected chi connectivity index (χ2v) is 16.5. The number of ether oxygens (including phenoxy) is 8. The second-order valence-electron chi connectivity index (χ2n) is 16.5. The van der Waals surface area contributed by atoms with Gasteiger partial charge < -0.3 is 47.9 Å². The van der Waals surface area contributed by atoms with Crippen molar-refractivity contribution < 1.29 is 47.8 Å². The number of allylic oxidation sites excluding steroid dienone is 1. The Balaban J connectivity index is 1.22. The van der Waals surface area contributed by atoms with Crippen LogP contribution in [-0.4, -0.2) is 115 Å². The lowest BCUT2D eigenvalue weighted by molar-refractivity contribution is -0.173. The van der Waals surface area contributed by atoms with Gasteiger partial charge in [-0.25, -0.2) is 0 Å². The highest BCUT2D eigenvalue weighted by Gasteiger charge is 2.45. The van der Waals surface area contributed by atoms with Crippen LogP contribution >= 0.6 is 0 Å². The number of aliphatic hydroxyl groups is 1. The molecular formula is C49H66N2O10. The molecule has 1 amide bonds. The number of hydrogen-bond donors (Lipinski definition) is 1. The Morgan fingerprint density at radius 3 is 2.08 bits per heavy atom. The van der Waals surface area contributed by atoms with E-state index in [1.165, 1.54) is 16.7 Å². The first-order chi connectivity index (χ1) is 29.8. The quantitative estimate of drug-likeness (QED) is 0.123. The fourth-order valence-corrected chi connectivity index (χ4v) is 10.3. The third kappa shape index (κ3) is 9.84. The summed E-state index contributed by atoms with van der Waals surface area (Å²) in [6.07, 6.45) is 6.51. The summed E-state index contributed by atoms with van der Waals surface area (Å²) in [7, 11) is 6.74. The first-order valence-corrected chi connectivity index (χ1v) is 22.2. The maximum atomic E-state index is 15.3. The van der Waals surface area contributed by atoms with Crippen molar-refractivity contribution in [3.05, 3.63) is 94.2 Å². The predicted octanol–water partition coefficient (Wildman–Crippen LogP) is 7.27. The molecule has 7 rings (SSSR count). The minimum Gasteiger partial charge on any atom is -0.493 e. The zero-order valence-electron chi connectivity index (χ0n) is 36.9. The molecule has 1 fully saturated rings. The number of methoxy groups -OCH3 is 4. The van der Waals surface area contributed by atoms with Crippen molar-refractivity contribution in [3.63, 3.8) is 0 Å². The number of amides is 1. The Bertz CT molecular complexity index is 1940. The molecule has 0 aromatic heterocycles. The number of piperidine rings is 1. The smallest absolute Gasteiger partial charge is 0.289 e. The van der Waals surface area contributed by atoms with Gasteiger partial charge in [0.1, 0.15) is 0 Å². The van der Waals surface area contributed by atoms with Crippen molar-refractivity contribution in [1.82, 2.24) is 9.80 Å². The van der Waals surface area contributed by atoms with Crippen LogP contribution in [0.2, 0.25) is 0 Å². The Labute approximate surface area is 362 Å². The summed E-state index contributed by atoms with van der Waals surface area (Å²) in [6, 6.07) is 18.9. The number of carbonyl (C=O) groups is 1. The van der Waals surface area contributed by atoms with Crippen molar-refractivity contribution in [2.75, 3.05) is 87.7 Å². The van der Waals surface area contributed by atoms with Crippen LogP contribution in [0.15, 0.2) is 66.4 Å². The van der Waals surface area contributed by atoms with E-state index in [-0.39, 0.29) is 43.0 Å². The Morgan fingerprint density at radius 2 is 1.43 bits per heavy atom. The van der Waals surface area contributed by atoms with Gasteiger partial charge >= 0.3 is 0 Å². The molecule has 3 aromatic carbocycles. The summed E-state index contributed by atoms with van der Waals surface area (Å²) in [5.41, 5.74) is 6.00. The summed E-state index contributed by atoms with van der Waals surface area (Å²) < 4.78 is 47.5. The topological polar surface area (TPSA) is 118 Å². The monoisotopic (exact) mass is 842 g/mol. The van der Waals surface area contributed by atoms with Crippen molar-refractivity contribution in [3.8, 4) is 23.0 Å². The van der Waals surface area contributed by atoms with E-state index in [1.807, 2.05) is 31.2 Å². The van der Waals surface area contributed by atoms with Gasteiger partial charge in [-0.15, -0.1) is 0 Å². The third-order valence-corrected chi connectivity index (χ3v) is 13.4. The average Bonchev–Trinajstić information content (AvgIpc) is 3.30. The van der Waals surface area contributed by atoms with Crippen molar-refractivity contribution in [1.29, 1.82) is 0 Å².